The van der Waals surface area contributed by atoms with Gasteiger partial charge in [-0.3, -0.25) is 4.79 Å². The van der Waals surface area contributed by atoms with Crippen LogP contribution >= 0.6 is 11.6 Å². The third-order valence-corrected chi connectivity index (χ3v) is 5.47. The number of ether oxygens (including phenoxy) is 2. The first-order valence-corrected chi connectivity index (χ1v) is 9.90. The van der Waals surface area contributed by atoms with Crippen LogP contribution in [-0.2, 0) is 14.8 Å². The molecule has 0 saturated heterocycles. The number of carbonyl (C=O) groups excluding carboxylic acids is 1. The molecule has 1 amide bonds. The lowest BCUT2D eigenvalue weighted by atomic mass is 10.2. The molecule has 146 valence electrons. The molecule has 0 aliphatic carbocycles. The first-order valence-electron chi connectivity index (χ1n) is 8.04. The number of hydrogen-bond donors (Lipinski definition) is 2. The van der Waals surface area contributed by atoms with E-state index in [1.165, 1.54) is 32.4 Å². The van der Waals surface area contributed by atoms with Crippen LogP contribution in [0.5, 0.6) is 11.5 Å². The Balaban J connectivity index is 1.96. The number of sulfonamides is 1. The maximum absolute atomic E-state index is 12.4. The highest BCUT2D eigenvalue weighted by Gasteiger charge is 2.17. The zero-order valence-electron chi connectivity index (χ0n) is 15.2. The minimum absolute atomic E-state index is 0.0193. The van der Waals surface area contributed by atoms with Gasteiger partial charge in [0.1, 0.15) is 0 Å². The molecule has 27 heavy (non-hydrogen) atoms. The molecule has 0 bridgehead atoms. The van der Waals surface area contributed by atoms with E-state index in [0.29, 0.717) is 22.2 Å². The second-order valence-corrected chi connectivity index (χ2v) is 7.88. The fraction of sp³-hybridized carbons (Fsp3) is 0.278. The second-order valence-electron chi connectivity index (χ2n) is 5.67. The maximum atomic E-state index is 12.4. The van der Waals surface area contributed by atoms with Gasteiger partial charge >= 0.3 is 0 Å². The van der Waals surface area contributed by atoms with E-state index in [2.05, 4.69) is 10.0 Å². The van der Waals surface area contributed by atoms with Crippen molar-refractivity contribution in [2.75, 3.05) is 26.1 Å². The number of halogens is 1. The average Bonchev–Trinajstić information content (AvgIpc) is 2.63. The number of amides is 1. The van der Waals surface area contributed by atoms with Crippen LogP contribution in [0.15, 0.2) is 41.3 Å². The smallest absolute Gasteiger partial charge is 0.240 e. The third kappa shape index (κ3) is 5.59. The molecular weight excluding hydrogens is 392 g/mol. The normalized spacial score (nSPS) is 11.1. The minimum Gasteiger partial charge on any atom is -0.493 e. The van der Waals surface area contributed by atoms with E-state index in [1.54, 1.807) is 18.2 Å². The van der Waals surface area contributed by atoms with Gasteiger partial charge in [-0.15, -0.1) is 0 Å². The van der Waals surface area contributed by atoms with E-state index in [4.69, 9.17) is 21.1 Å². The number of aryl methyl sites for hydroxylation is 1. The molecule has 2 aromatic rings. The van der Waals surface area contributed by atoms with Crippen molar-refractivity contribution >= 4 is 33.2 Å². The van der Waals surface area contributed by atoms with E-state index >= 15 is 0 Å². The molecule has 0 spiro atoms. The van der Waals surface area contributed by atoms with Crippen molar-refractivity contribution in [3.63, 3.8) is 0 Å². The summed E-state index contributed by atoms with van der Waals surface area (Å²) in [6.45, 7) is 1.77. The fourth-order valence-electron chi connectivity index (χ4n) is 2.35. The van der Waals surface area contributed by atoms with Gasteiger partial charge in [-0.25, -0.2) is 13.1 Å². The maximum Gasteiger partial charge on any atom is 0.240 e. The summed E-state index contributed by atoms with van der Waals surface area (Å²) in [6.07, 6.45) is -0.0193. The molecule has 0 aliphatic heterocycles. The van der Waals surface area contributed by atoms with E-state index in [9.17, 15) is 13.2 Å². The molecule has 0 heterocycles. The summed E-state index contributed by atoms with van der Waals surface area (Å²) in [5.41, 5.74) is 1.45. The Bertz CT molecular complexity index is 931. The summed E-state index contributed by atoms with van der Waals surface area (Å²) in [4.78, 5) is 12.1. The van der Waals surface area contributed by atoms with Crippen LogP contribution in [0, 0.1) is 6.92 Å². The Kier molecular flexibility index (Phi) is 7.06. The SMILES string of the molecule is COc1ccc(S(=O)(=O)NCCC(=O)Nc2ccc(Cl)cc2C)cc1OC. The summed E-state index contributed by atoms with van der Waals surface area (Å²) < 4.78 is 37.4. The van der Waals surface area contributed by atoms with Crippen LogP contribution in [0.4, 0.5) is 5.69 Å². The van der Waals surface area contributed by atoms with Crippen molar-refractivity contribution in [2.24, 2.45) is 0 Å². The lowest BCUT2D eigenvalue weighted by Gasteiger charge is -2.11. The molecule has 2 aromatic carbocycles. The van der Waals surface area contributed by atoms with Crippen LogP contribution in [0.25, 0.3) is 0 Å². The van der Waals surface area contributed by atoms with E-state index < -0.39 is 10.0 Å². The fourth-order valence-corrected chi connectivity index (χ4v) is 3.62. The lowest BCUT2D eigenvalue weighted by molar-refractivity contribution is -0.116. The van der Waals surface area contributed by atoms with Gasteiger partial charge in [-0.2, -0.15) is 0 Å². The molecule has 0 unspecified atom stereocenters. The predicted octanol–water partition coefficient (Wildman–Crippen LogP) is 2.97. The van der Waals surface area contributed by atoms with Crippen LogP contribution in [-0.4, -0.2) is 35.1 Å². The molecule has 0 aromatic heterocycles. The molecule has 9 heteroatoms. The summed E-state index contributed by atoms with van der Waals surface area (Å²) in [6, 6.07) is 9.37. The number of hydrogen-bond acceptors (Lipinski definition) is 5. The van der Waals surface area contributed by atoms with Crippen molar-refractivity contribution in [1.29, 1.82) is 0 Å². The van der Waals surface area contributed by atoms with Gasteiger partial charge in [-0.1, -0.05) is 11.6 Å². The monoisotopic (exact) mass is 412 g/mol. The number of carbonyl (C=O) groups is 1. The molecule has 0 fully saturated rings. The Morgan fingerprint density at radius 2 is 1.78 bits per heavy atom. The quantitative estimate of drug-likeness (QED) is 0.695. The largest absolute Gasteiger partial charge is 0.493 e. The summed E-state index contributed by atoms with van der Waals surface area (Å²) >= 11 is 5.88. The van der Waals surface area contributed by atoms with Gasteiger partial charge in [-0.05, 0) is 42.8 Å². The van der Waals surface area contributed by atoms with Gasteiger partial charge in [0, 0.05) is 29.7 Å². The third-order valence-electron chi connectivity index (χ3n) is 3.77. The molecule has 0 atom stereocenters. The van der Waals surface area contributed by atoms with E-state index in [1.807, 2.05) is 6.92 Å². The number of anilines is 1. The predicted molar refractivity (Wildman–Crippen MR) is 104 cm³/mol. The van der Waals surface area contributed by atoms with E-state index in [0.717, 1.165) is 5.56 Å². The zero-order chi connectivity index (χ0) is 20.0. The molecule has 2 rings (SSSR count). The van der Waals surface area contributed by atoms with Crippen molar-refractivity contribution in [1.82, 2.24) is 4.72 Å². The molecular formula is C18H21ClN2O5S. The molecule has 0 radical (unpaired) electrons. The number of methoxy groups -OCH3 is 2. The van der Waals surface area contributed by atoms with Gasteiger partial charge < -0.3 is 14.8 Å². The van der Waals surface area contributed by atoms with Crippen molar-refractivity contribution in [3.8, 4) is 11.5 Å². The summed E-state index contributed by atoms with van der Waals surface area (Å²) in [7, 11) is -0.898. The Morgan fingerprint density at radius 1 is 1.07 bits per heavy atom. The standard InChI is InChI=1S/C18H21ClN2O5S/c1-12-10-13(19)4-6-15(12)21-18(22)8-9-20-27(23,24)14-5-7-16(25-2)17(11-14)26-3/h4-7,10-11,20H,8-9H2,1-3H3,(H,21,22). The Morgan fingerprint density at radius 3 is 2.41 bits per heavy atom. The summed E-state index contributed by atoms with van der Waals surface area (Å²) in [5.74, 6) is 0.418. The van der Waals surface area contributed by atoms with Gasteiger partial charge in [0.2, 0.25) is 15.9 Å². The van der Waals surface area contributed by atoms with Crippen LogP contribution < -0.4 is 19.5 Å². The van der Waals surface area contributed by atoms with Crippen LogP contribution in [0.3, 0.4) is 0 Å². The number of nitrogens with one attached hydrogen (secondary N) is 2. The zero-order valence-corrected chi connectivity index (χ0v) is 16.8. The molecule has 0 saturated carbocycles. The van der Waals surface area contributed by atoms with Crippen LogP contribution in [0.2, 0.25) is 5.02 Å². The molecule has 2 N–H and O–H groups in total. The highest BCUT2D eigenvalue weighted by atomic mass is 35.5. The molecule has 7 nitrogen and oxygen atoms in total. The van der Waals surface area contributed by atoms with Crippen molar-refractivity contribution < 1.29 is 22.7 Å². The van der Waals surface area contributed by atoms with Gasteiger partial charge in [0.05, 0.1) is 19.1 Å². The lowest BCUT2D eigenvalue weighted by Crippen LogP contribution is -2.28. The van der Waals surface area contributed by atoms with Gasteiger partial charge in [0.15, 0.2) is 11.5 Å². The van der Waals surface area contributed by atoms with E-state index in [-0.39, 0.29) is 23.8 Å². The first-order chi connectivity index (χ1) is 12.8. The highest BCUT2D eigenvalue weighted by molar-refractivity contribution is 7.89. The molecule has 0 aliphatic rings. The Hall–Kier alpha value is -2.29. The summed E-state index contributed by atoms with van der Waals surface area (Å²) in [5, 5.41) is 3.30. The Labute approximate surface area is 163 Å². The number of rotatable bonds is 8. The minimum atomic E-state index is -3.78. The van der Waals surface area contributed by atoms with Crippen LogP contribution in [0.1, 0.15) is 12.0 Å². The first kappa shape index (κ1) is 21.0. The second kappa shape index (κ2) is 9.07. The highest BCUT2D eigenvalue weighted by Crippen LogP contribution is 2.29. The van der Waals surface area contributed by atoms with Crippen molar-refractivity contribution in [3.05, 3.63) is 47.0 Å². The average molecular weight is 413 g/mol. The van der Waals surface area contributed by atoms with Crippen molar-refractivity contribution in [2.45, 2.75) is 18.2 Å². The topological polar surface area (TPSA) is 93.7 Å². The number of benzene rings is 2. The van der Waals surface area contributed by atoms with Gasteiger partial charge in [0.25, 0.3) is 0 Å².